The van der Waals surface area contributed by atoms with E-state index in [-0.39, 0.29) is 24.3 Å². The van der Waals surface area contributed by atoms with Gasteiger partial charge in [-0.1, -0.05) is 60.7 Å². The molecule has 0 N–H and O–H groups in total. The number of Topliss-reactive ketones (excluding diaryl/α,β-unsaturated/α-hetero) is 1. The minimum absolute atomic E-state index is 0.0597. The average molecular weight is 295 g/mol. The highest BCUT2D eigenvalue weighted by molar-refractivity contribution is 5.99. The molecule has 2 aromatic carbocycles. The van der Waals surface area contributed by atoms with Crippen LogP contribution in [0.15, 0.2) is 60.7 Å². The summed E-state index contributed by atoms with van der Waals surface area (Å²) in [5, 5.41) is 0. The van der Waals surface area contributed by atoms with Crippen LogP contribution in [0.25, 0.3) is 0 Å². The molecule has 2 atom stereocenters. The van der Waals surface area contributed by atoms with E-state index in [4.69, 9.17) is 4.74 Å². The molecule has 3 rings (SSSR count). The third kappa shape index (κ3) is 3.07. The van der Waals surface area contributed by atoms with Gasteiger partial charge in [0.25, 0.3) is 5.91 Å². The van der Waals surface area contributed by atoms with Crippen molar-refractivity contribution in [2.45, 2.75) is 12.2 Å². The summed E-state index contributed by atoms with van der Waals surface area (Å²) in [4.78, 5) is 25.9. The first-order valence-electron chi connectivity index (χ1n) is 7.20. The zero-order valence-corrected chi connectivity index (χ0v) is 12.3. The topological polar surface area (TPSA) is 49.9 Å². The summed E-state index contributed by atoms with van der Waals surface area (Å²) in [5.41, 5.74) is 1.60. The summed E-state index contributed by atoms with van der Waals surface area (Å²) in [6.45, 7) is 0.0597. The molecule has 2 unspecified atom stereocenters. The first-order valence-corrected chi connectivity index (χ1v) is 7.20. The lowest BCUT2D eigenvalue weighted by molar-refractivity contribution is -0.130. The van der Waals surface area contributed by atoms with Gasteiger partial charge in [-0.3, -0.25) is 9.59 Å². The number of rotatable bonds is 5. The Labute approximate surface area is 129 Å². The van der Waals surface area contributed by atoms with Gasteiger partial charge in [-0.05, 0) is 5.56 Å². The molecule has 0 bridgehead atoms. The third-order valence-electron chi connectivity index (χ3n) is 3.72. The molecule has 1 aliphatic rings. The predicted molar refractivity (Wildman–Crippen MR) is 82.5 cm³/mol. The maximum Gasteiger partial charge on any atom is 0.254 e. The molecular formula is C18H17NO3. The smallest absolute Gasteiger partial charge is 0.254 e. The second-order valence-electron chi connectivity index (χ2n) is 5.37. The minimum Gasteiger partial charge on any atom is -0.354 e. The molecule has 4 heteroatoms. The van der Waals surface area contributed by atoms with Gasteiger partial charge in [0.15, 0.2) is 11.9 Å². The number of epoxide rings is 1. The molecule has 0 aromatic heterocycles. The second kappa shape index (κ2) is 6.12. The van der Waals surface area contributed by atoms with Crippen LogP contribution in [0, 0.1) is 0 Å². The van der Waals surface area contributed by atoms with Crippen molar-refractivity contribution in [2.75, 3.05) is 13.6 Å². The summed E-state index contributed by atoms with van der Waals surface area (Å²) in [6, 6.07) is 18.6. The van der Waals surface area contributed by atoms with E-state index in [0.29, 0.717) is 5.56 Å². The first kappa shape index (κ1) is 14.5. The number of carbonyl (C=O) groups is 2. The molecule has 112 valence electrons. The summed E-state index contributed by atoms with van der Waals surface area (Å²) in [7, 11) is 1.63. The molecule has 0 radical (unpaired) electrons. The zero-order chi connectivity index (χ0) is 15.5. The molecular weight excluding hydrogens is 278 g/mol. The fourth-order valence-corrected chi connectivity index (χ4v) is 2.42. The van der Waals surface area contributed by atoms with E-state index in [0.717, 1.165) is 5.56 Å². The van der Waals surface area contributed by atoms with Crippen LogP contribution in [0.2, 0.25) is 0 Å². The Morgan fingerprint density at radius 2 is 1.59 bits per heavy atom. The minimum atomic E-state index is -0.476. The van der Waals surface area contributed by atoms with Crippen LogP contribution in [0.4, 0.5) is 0 Å². The highest BCUT2D eigenvalue weighted by Gasteiger charge is 2.47. The van der Waals surface area contributed by atoms with E-state index in [1.165, 1.54) is 4.90 Å². The molecule has 0 spiro atoms. The standard InChI is InChI=1S/C18H17NO3/c1-19(12-15(20)13-8-4-2-5-9-13)18(21)17-16(22-17)14-10-6-3-7-11-14/h2-11,16-17H,12H2,1H3. The summed E-state index contributed by atoms with van der Waals surface area (Å²) in [5.74, 6) is -0.230. The van der Waals surface area contributed by atoms with Gasteiger partial charge in [0.05, 0.1) is 6.54 Å². The van der Waals surface area contributed by atoms with Crippen LogP contribution in [-0.2, 0) is 9.53 Å². The molecule has 1 fully saturated rings. The lowest BCUT2D eigenvalue weighted by Crippen LogP contribution is -2.35. The molecule has 4 nitrogen and oxygen atoms in total. The van der Waals surface area contributed by atoms with E-state index in [1.54, 1.807) is 19.2 Å². The van der Waals surface area contributed by atoms with Gasteiger partial charge >= 0.3 is 0 Å². The Hall–Kier alpha value is -2.46. The number of ether oxygens (including phenoxy) is 1. The maximum absolute atomic E-state index is 12.3. The number of likely N-dealkylation sites (N-methyl/N-ethyl adjacent to an activating group) is 1. The maximum atomic E-state index is 12.3. The van der Waals surface area contributed by atoms with Gasteiger partial charge in [-0.2, -0.15) is 0 Å². The van der Waals surface area contributed by atoms with Crippen molar-refractivity contribution in [1.82, 2.24) is 4.90 Å². The van der Waals surface area contributed by atoms with Crippen LogP contribution >= 0.6 is 0 Å². The van der Waals surface area contributed by atoms with E-state index < -0.39 is 6.10 Å². The molecule has 1 aliphatic heterocycles. The van der Waals surface area contributed by atoms with E-state index >= 15 is 0 Å². The van der Waals surface area contributed by atoms with Gasteiger partial charge in [-0.15, -0.1) is 0 Å². The lowest BCUT2D eigenvalue weighted by Gasteiger charge is -2.15. The van der Waals surface area contributed by atoms with E-state index in [1.807, 2.05) is 48.5 Å². The normalized spacial score (nSPS) is 19.5. The van der Waals surface area contributed by atoms with Gasteiger partial charge in [0.2, 0.25) is 0 Å². The number of benzene rings is 2. The van der Waals surface area contributed by atoms with Gasteiger partial charge in [0.1, 0.15) is 6.10 Å². The molecule has 22 heavy (non-hydrogen) atoms. The number of amides is 1. The van der Waals surface area contributed by atoms with Crippen molar-refractivity contribution in [2.24, 2.45) is 0 Å². The lowest BCUT2D eigenvalue weighted by atomic mass is 10.1. The fourth-order valence-electron chi connectivity index (χ4n) is 2.42. The third-order valence-corrected chi connectivity index (χ3v) is 3.72. The van der Waals surface area contributed by atoms with Crippen molar-refractivity contribution in [3.05, 3.63) is 71.8 Å². The average Bonchev–Trinajstić information content (AvgIpc) is 3.36. The summed E-state index contributed by atoms with van der Waals surface area (Å²) in [6.07, 6.45) is -0.668. The van der Waals surface area contributed by atoms with Crippen LogP contribution in [0.3, 0.4) is 0 Å². The molecule has 2 aromatic rings. The Balaban J connectivity index is 1.58. The van der Waals surface area contributed by atoms with Crippen LogP contribution in [0.1, 0.15) is 22.0 Å². The van der Waals surface area contributed by atoms with Crippen molar-refractivity contribution >= 4 is 11.7 Å². The zero-order valence-electron chi connectivity index (χ0n) is 12.3. The first-order chi connectivity index (χ1) is 10.7. The number of nitrogens with zero attached hydrogens (tertiary/aromatic N) is 1. The number of hydrogen-bond acceptors (Lipinski definition) is 3. The van der Waals surface area contributed by atoms with Crippen LogP contribution < -0.4 is 0 Å². The Morgan fingerprint density at radius 3 is 2.23 bits per heavy atom. The van der Waals surface area contributed by atoms with Gasteiger partial charge in [-0.25, -0.2) is 0 Å². The SMILES string of the molecule is CN(CC(=O)c1ccccc1)C(=O)C1OC1c1ccccc1. The van der Waals surface area contributed by atoms with Crippen molar-refractivity contribution in [1.29, 1.82) is 0 Å². The Kier molecular flexibility index (Phi) is 4.02. The number of hydrogen-bond donors (Lipinski definition) is 0. The molecule has 1 heterocycles. The largest absolute Gasteiger partial charge is 0.354 e. The highest BCUT2D eigenvalue weighted by Crippen LogP contribution is 2.39. The van der Waals surface area contributed by atoms with E-state index in [9.17, 15) is 9.59 Å². The Morgan fingerprint density at radius 1 is 1.00 bits per heavy atom. The number of carbonyl (C=O) groups excluding carboxylic acids is 2. The van der Waals surface area contributed by atoms with Crippen molar-refractivity contribution in [3.63, 3.8) is 0 Å². The van der Waals surface area contributed by atoms with Crippen LogP contribution in [-0.4, -0.2) is 36.3 Å². The van der Waals surface area contributed by atoms with Gasteiger partial charge in [0, 0.05) is 12.6 Å². The quantitative estimate of drug-likeness (QED) is 0.629. The fraction of sp³-hybridized carbons (Fsp3) is 0.222. The van der Waals surface area contributed by atoms with Gasteiger partial charge < -0.3 is 9.64 Å². The van der Waals surface area contributed by atoms with Crippen LogP contribution in [0.5, 0.6) is 0 Å². The molecule has 1 saturated heterocycles. The van der Waals surface area contributed by atoms with Crippen molar-refractivity contribution < 1.29 is 14.3 Å². The summed E-state index contributed by atoms with van der Waals surface area (Å²) >= 11 is 0. The monoisotopic (exact) mass is 295 g/mol. The Bertz CT molecular complexity index is 669. The molecule has 0 aliphatic carbocycles. The summed E-state index contributed by atoms with van der Waals surface area (Å²) < 4.78 is 5.47. The number of ketones is 1. The molecule has 0 saturated carbocycles. The van der Waals surface area contributed by atoms with Crippen molar-refractivity contribution in [3.8, 4) is 0 Å². The van der Waals surface area contributed by atoms with E-state index in [2.05, 4.69) is 0 Å². The second-order valence-corrected chi connectivity index (χ2v) is 5.37. The highest BCUT2D eigenvalue weighted by atomic mass is 16.6. The molecule has 1 amide bonds. The predicted octanol–water partition coefficient (Wildman–Crippen LogP) is 2.47.